The van der Waals surface area contributed by atoms with E-state index < -0.39 is 17.1 Å². The van der Waals surface area contributed by atoms with Gasteiger partial charge in [-0.05, 0) is 49.4 Å². The lowest BCUT2D eigenvalue weighted by molar-refractivity contribution is -0.137. The van der Waals surface area contributed by atoms with Crippen LogP contribution in [0.3, 0.4) is 0 Å². The van der Waals surface area contributed by atoms with Crippen molar-refractivity contribution < 1.29 is 18.0 Å². The maximum absolute atomic E-state index is 13.7. The Morgan fingerprint density at radius 1 is 1.25 bits per heavy atom. The Hall–Kier alpha value is -2.79. The van der Waals surface area contributed by atoms with Gasteiger partial charge in [0, 0.05) is 69.9 Å². The van der Waals surface area contributed by atoms with E-state index in [1.165, 1.54) is 10.6 Å². The number of benzene rings is 1. The molecule has 2 bridgehead atoms. The van der Waals surface area contributed by atoms with Crippen LogP contribution in [0, 0.1) is 0 Å². The van der Waals surface area contributed by atoms with E-state index in [4.69, 9.17) is 11.6 Å². The van der Waals surface area contributed by atoms with Gasteiger partial charge in [0.15, 0.2) is 0 Å². The van der Waals surface area contributed by atoms with Gasteiger partial charge in [-0.1, -0.05) is 20.3 Å². The molecule has 12 heteroatoms. The minimum atomic E-state index is -4.61. The number of rotatable bonds is 12. The highest BCUT2D eigenvalue weighted by Gasteiger charge is 2.35. The van der Waals surface area contributed by atoms with Crippen molar-refractivity contribution in [3.63, 3.8) is 0 Å². The van der Waals surface area contributed by atoms with Crippen molar-refractivity contribution >= 4 is 40.6 Å². The number of nitrogens with zero attached hydrogens (tertiary/aromatic N) is 5. The third-order valence-corrected chi connectivity index (χ3v) is 8.04. The van der Waals surface area contributed by atoms with Crippen LogP contribution in [0.5, 0.6) is 0 Å². The van der Waals surface area contributed by atoms with E-state index >= 15 is 0 Å². The Balaban J connectivity index is 1.43. The average Bonchev–Trinajstić information content (AvgIpc) is 3.30. The summed E-state index contributed by atoms with van der Waals surface area (Å²) >= 11 is 6.11. The van der Waals surface area contributed by atoms with Crippen LogP contribution in [0.15, 0.2) is 24.4 Å². The number of aryl methyl sites for hydroxylation is 1. The van der Waals surface area contributed by atoms with Crippen LogP contribution in [-0.4, -0.2) is 83.4 Å². The van der Waals surface area contributed by atoms with Gasteiger partial charge in [-0.2, -0.15) is 18.2 Å². The monoisotopic (exact) mass is 581 g/mol. The molecule has 0 radical (unpaired) electrons. The van der Waals surface area contributed by atoms with Crippen molar-refractivity contribution in [3.05, 3.63) is 35.5 Å². The van der Waals surface area contributed by atoms with Crippen molar-refractivity contribution in [2.45, 2.75) is 63.5 Å². The molecule has 2 fully saturated rings. The third-order valence-electron chi connectivity index (χ3n) is 7.64. The molecule has 40 heavy (non-hydrogen) atoms. The summed E-state index contributed by atoms with van der Waals surface area (Å²) in [6, 6.07) is 6.69. The molecule has 3 atom stereocenters. The molecule has 8 nitrogen and oxygen atoms in total. The number of alkyl halides is 4. The summed E-state index contributed by atoms with van der Waals surface area (Å²) in [4.78, 5) is 26.9. The molecule has 3 heterocycles. The number of halogens is 4. The van der Waals surface area contributed by atoms with Gasteiger partial charge in [0.25, 0.3) is 0 Å². The van der Waals surface area contributed by atoms with E-state index in [0.29, 0.717) is 25.4 Å². The van der Waals surface area contributed by atoms with Crippen molar-refractivity contribution in [1.82, 2.24) is 19.8 Å². The highest BCUT2D eigenvalue weighted by atomic mass is 35.5. The molecule has 2 aliphatic rings. The molecule has 0 saturated carbocycles. The fourth-order valence-corrected chi connectivity index (χ4v) is 5.75. The number of amides is 1. The zero-order valence-electron chi connectivity index (χ0n) is 23.4. The maximum Gasteiger partial charge on any atom is 0.421 e. The standard InChI is InChI=1S/C28H39ClF3N7O/c1-4-7-23(29)26(40)37(3)12-6-11-33-25-22(28(30,31)32)17-34-27(36-25)35-24-9-8-20(16-19(24)5-2)39-15-14-38-13-10-21(39)18-38/h8-9,16-17,21,23H,4-7,10-15,18H2,1-3H3,(H2,33,34,35,36). The summed E-state index contributed by atoms with van der Waals surface area (Å²) in [5, 5.41) is 5.34. The molecule has 4 rings (SSSR count). The zero-order valence-corrected chi connectivity index (χ0v) is 24.2. The first-order valence-corrected chi connectivity index (χ1v) is 14.5. The quantitative estimate of drug-likeness (QED) is 0.258. The van der Waals surface area contributed by atoms with Crippen molar-refractivity contribution in [3.8, 4) is 0 Å². The number of carbonyl (C=O) groups is 1. The maximum atomic E-state index is 13.7. The third kappa shape index (κ3) is 7.28. The number of hydrogen-bond acceptors (Lipinski definition) is 7. The molecule has 1 aromatic heterocycles. The fourth-order valence-electron chi connectivity index (χ4n) is 5.37. The summed E-state index contributed by atoms with van der Waals surface area (Å²) in [7, 11) is 1.64. The van der Waals surface area contributed by atoms with Crippen molar-refractivity contribution in [2.75, 3.05) is 61.8 Å². The van der Waals surface area contributed by atoms with E-state index in [2.05, 4.69) is 49.5 Å². The number of anilines is 4. The number of nitrogens with one attached hydrogen (secondary N) is 2. The predicted octanol–water partition coefficient (Wildman–Crippen LogP) is 5.36. The van der Waals surface area contributed by atoms with Crippen LogP contribution in [-0.2, 0) is 17.4 Å². The van der Waals surface area contributed by atoms with Crippen LogP contribution in [0.1, 0.15) is 50.7 Å². The molecule has 2 aliphatic heterocycles. The second-order valence-corrected chi connectivity index (χ2v) is 11.0. The topological polar surface area (TPSA) is 76.6 Å². The van der Waals surface area contributed by atoms with E-state index in [1.807, 2.05) is 13.0 Å². The van der Waals surface area contributed by atoms with Gasteiger partial charge in [0.05, 0.1) is 0 Å². The minimum absolute atomic E-state index is 0.0826. The molecular formula is C28H39ClF3N7O. The van der Waals surface area contributed by atoms with Crippen molar-refractivity contribution in [1.29, 1.82) is 0 Å². The molecule has 0 spiro atoms. The first kappa shape index (κ1) is 30.2. The number of piperazine rings is 1. The molecule has 2 N–H and O–H groups in total. The second-order valence-electron chi connectivity index (χ2n) is 10.5. The average molecular weight is 582 g/mol. The summed E-state index contributed by atoms with van der Waals surface area (Å²) in [5.74, 6) is -0.399. The molecular weight excluding hydrogens is 543 g/mol. The highest BCUT2D eigenvalue weighted by Crippen LogP contribution is 2.35. The molecule has 2 aromatic rings. The summed E-state index contributed by atoms with van der Waals surface area (Å²) in [6.07, 6.45) is -0.0973. The van der Waals surface area contributed by atoms with Gasteiger partial charge >= 0.3 is 6.18 Å². The van der Waals surface area contributed by atoms with Gasteiger partial charge in [0.1, 0.15) is 16.8 Å². The van der Waals surface area contributed by atoms with Crippen LogP contribution in [0.25, 0.3) is 0 Å². The zero-order chi connectivity index (χ0) is 28.9. The predicted molar refractivity (Wildman–Crippen MR) is 154 cm³/mol. The Labute approximate surface area is 239 Å². The van der Waals surface area contributed by atoms with Gasteiger partial charge in [0.2, 0.25) is 11.9 Å². The van der Waals surface area contributed by atoms with Gasteiger partial charge in [-0.3, -0.25) is 9.69 Å². The Morgan fingerprint density at radius 3 is 2.77 bits per heavy atom. The normalized spacial score (nSPS) is 19.4. The molecule has 220 valence electrons. The lowest BCUT2D eigenvalue weighted by Crippen LogP contribution is -2.46. The lowest BCUT2D eigenvalue weighted by Gasteiger charge is -2.36. The van der Waals surface area contributed by atoms with E-state index in [1.54, 1.807) is 7.05 Å². The second kappa shape index (κ2) is 13.2. The largest absolute Gasteiger partial charge is 0.421 e. The van der Waals surface area contributed by atoms with Crippen LogP contribution >= 0.6 is 11.6 Å². The molecule has 3 unspecified atom stereocenters. The first-order chi connectivity index (χ1) is 19.1. The van der Waals surface area contributed by atoms with Gasteiger partial charge in [-0.25, -0.2) is 4.98 Å². The summed E-state index contributed by atoms with van der Waals surface area (Å²) in [6.45, 7) is 8.85. The number of aromatic nitrogens is 2. The smallest absolute Gasteiger partial charge is 0.369 e. The fraction of sp³-hybridized carbons (Fsp3) is 0.607. The van der Waals surface area contributed by atoms with Crippen LogP contribution in [0.2, 0.25) is 0 Å². The van der Waals surface area contributed by atoms with Crippen LogP contribution in [0.4, 0.5) is 36.3 Å². The van der Waals surface area contributed by atoms with E-state index in [9.17, 15) is 18.0 Å². The Morgan fingerprint density at radius 2 is 2.05 bits per heavy atom. The molecule has 2 saturated heterocycles. The van der Waals surface area contributed by atoms with E-state index in [0.717, 1.165) is 62.9 Å². The summed E-state index contributed by atoms with van der Waals surface area (Å²) in [5.41, 5.74) is 2.05. The number of carbonyl (C=O) groups excluding carboxylic acids is 1. The summed E-state index contributed by atoms with van der Waals surface area (Å²) < 4.78 is 41.1. The van der Waals surface area contributed by atoms with Crippen molar-refractivity contribution in [2.24, 2.45) is 0 Å². The minimum Gasteiger partial charge on any atom is -0.369 e. The Kier molecular flexibility index (Phi) is 9.99. The Bertz CT molecular complexity index is 1170. The first-order valence-electron chi connectivity index (χ1n) is 14.1. The molecule has 1 amide bonds. The molecule has 1 aromatic carbocycles. The number of hydrogen-bond donors (Lipinski definition) is 2. The highest BCUT2D eigenvalue weighted by molar-refractivity contribution is 6.30. The van der Waals surface area contributed by atoms with Gasteiger partial charge < -0.3 is 20.4 Å². The van der Waals surface area contributed by atoms with Gasteiger partial charge in [-0.15, -0.1) is 11.6 Å². The lowest BCUT2D eigenvalue weighted by atomic mass is 10.1. The molecule has 0 aliphatic carbocycles. The number of fused-ring (bicyclic) bond motifs is 2. The van der Waals surface area contributed by atoms with E-state index in [-0.39, 0.29) is 24.2 Å². The SMILES string of the molecule is CCCC(Cl)C(=O)N(C)CCCNc1nc(Nc2ccc(N3CCN4CCC3C4)cc2CC)ncc1C(F)(F)F. The van der Waals surface area contributed by atoms with Crippen LogP contribution < -0.4 is 15.5 Å².